The third kappa shape index (κ3) is 3.45. The molecule has 0 aliphatic carbocycles. The van der Waals surface area contributed by atoms with Gasteiger partial charge in [0, 0.05) is 36.9 Å². The molecule has 1 saturated heterocycles. The molecule has 0 radical (unpaired) electrons. The highest BCUT2D eigenvalue weighted by Gasteiger charge is 2.33. The highest BCUT2D eigenvalue weighted by atomic mass is 35.5. The molecule has 1 unspecified atom stereocenters. The summed E-state index contributed by atoms with van der Waals surface area (Å²) in [7, 11) is 1.95. The molecule has 1 aromatic carbocycles. The molecule has 6 rings (SSSR count). The Morgan fingerprint density at radius 1 is 1.15 bits per heavy atom. The summed E-state index contributed by atoms with van der Waals surface area (Å²) in [6.45, 7) is 2.32. The number of benzene rings is 1. The first kappa shape index (κ1) is 21.5. The summed E-state index contributed by atoms with van der Waals surface area (Å²) in [6.07, 6.45) is 7.84. The van der Waals surface area contributed by atoms with Crippen molar-refractivity contribution < 1.29 is 4.79 Å². The number of halogens is 2. The standard InChI is InChI=1S/C24H23Cl2N7O/c1-31-13-32(22-18(25)5-2-6-19(22)26)24(34)17-11-28-23-16(21(17)31)8-20(30-23)14-9-29-33(12-14)15-4-3-7-27-10-15/h2,5-6,8-9,11-12,15,27H,3-4,7,10,13H2,1H3,(H,28,30). The molecule has 4 aromatic rings. The van der Waals surface area contributed by atoms with Crippen molar-refractivity contribution in [1.29, 1.82) is 0 Å². The second-order valence-electron chi connectivity index (χ2n) is 8.82. The zero-order valence-electron chi connectivity index (χ0n) is 18.6. The Morgan fingerprint density at radius 3 is 2.74 bits per heavy atom. The van der Waals surface area contributed by atoms with E-state index in [4.69, 9.17) is 23.2 Å². The van der Waals surface area contributed by atoms with Gasteiger partial charge in [0.05, 0.1) is 51.6 Å². The first-order chi connectivity index (χ1) is 16.5. The number of amides is 1. The highest BCUT2D eigenvalue weighted by molar-refractivity contribution is 6.40. The van der Waals surface area contributed by atoms with Crippen LogP contribution in [0.15, 0.2) is 42.9 Å². The number of hydrogen-bond acceptors (Lipinski definition) is 5. The number of carbonyl (C=O) groups excluding carboxylic acids is 1. The minimum atomic E-state index is -0.183. The summed E-state index contributed by atoms with van der Waals surface area (Å²) < 4.78 is 2.04. The molecule has 8 nitrogen and oxygen atoms in total. The first-order valence-corrected chi connectivity index (χ1v) is 12.0. The van der Waals surface area contributed by atoms with Crippen molar-refractivity contribution in [2.75, 3.05) is 36.6 Å². The molecule has 2 aliphatic heterocycles. The number of aromatic nitrogens is 4. The van der Waals surface area contributed by atoms with Gasteiger partial charge in [-0.15, -0.1) is 0 Å². The van der Waals surface area contributed by atoms with E-state index in [2.05, 4.69) is 26.6 Å². The monoisotopic (exact) mass is 495 g/mol. The Hall–Kier alpha value is -3.07. The van der Waals surface area contributed by atoms with Crippen LogP contribution in [0.2, 0.25) is 10.0 Å². The van der Waals surface area contributed by atoms with Gasteiger partial charge in [-0.05, 0) is 37.6 Å². The average Bonchev–Trinajstić information content (AvgIpc) is 3.49. The van der Waals surface area contributed by atoms with Gasteiger partial charge in [0.1, 0.15) is 5.65 Å². The molecule has 2 aliphatic rings. The van der Waals surface area contributed by atoms with Crippen LogP contribution >= 0.6 is 23.2 Å². The van der Waals surface area contributed by atoms with E-state index in [0.29, 0.717) is 34.0 Å². The normalized spacial score (nSPS) is 18.6. The molecule has 0 bridgehead atoms. The molecule has 0 spiro atoms. The molecule has 1 fully saturated rings. The number of nitrogens with one attached hydrogen (secondary N) is 2. The Bertz CT molecular complexity index is 1390. The van der Waals surface area contributed by atoms with Crippen LogP contribution in [-0.2, 0) is 0 Å². The fourth-order valence-corrected chi connectivity index (χ4v) is 5.53. The minimum absolute atomic E-state index is 0.183. The van der Waals surface area contributed by atoms with Gasteiger partial charge in [0.25, 0.3) is 5.91 Å². The number of nitrogens with zero attached hydrogens (tertiary/aromatic N) is 5. The quantitative estimate of drug-likeness (QED) is 0.429. The molecule has 0 saturated carbocycles. The smallest absolute Gasteiger partial charge is 0.263 e. The number of aromatic amines is 1. The molecular weight excluding hydrogens is 473 g/mol. The van der Waals surface area contributed by atoms with Gasteiger partial charge in [-0.2, -0.15) is 5.10 Å². The maximum absolute atomic E-state index is 13.5. The van der Waals surface area contributed by atoms with Gasteiger partial charge < -0.3 is 15.2 Å². The largest absolute Gasteiger partial charge is 0.355 e. The maximum atomic E-state index is 13.5. The van der Waals surface area contributed by atoms with E-state index in [0.717, 1.165) is 53.9 Å². The third-order valence-corrected chi connectivity index (χ3v) is 7.22. The van der Waals surface area contributed by atoms with E-state index < -0.39 is 0 Å². The molecular formula is C24H23Cl2N7O. The van der Waals surface area contributed by atoms with Crippen LogP contribution in [-0.4, -0.2) is 52.5 Å². The number of rotatable bonds is 3. The third-order valence-electron chi connectivity index (χ3n) is 6.61. The summed E-state index contributed by atoms with van der Waals surface area (Å²) in [5.74, 6) is -0.183. The number of H-pyrrole nitrogens is 1. The number of fused-ring (bicyclic) bond motifs is 3. The Morgan fingerprint density at radius 2 is 1.97 bits per heavy atom. The lowest BCUT2D eigenvalue weighted by atomic mass is 10.1. The maximum Gasteiger partial charge on any atom is 0.263 e. The van der Waals surface area contributed by atoms with E-state index >= 15 is 0 Å². The molecule has 174 valence electrons. The molecule has 1 atom stereocenters. The lowest BCUT2D eigenvalue weighted by molar-refractivity contribution is 0.0982. The van der Waals surface area contributed by atoms with Gasteiger partial charge in [-0.25, -0.2) is 4.98 Å². The van der Waals surface area contributed by atoms with Crippen LogP contribution in [0.25, 0.3) is 22.3 Å². The second-order valence-corrected chi connectivity index (χ2v) is 9.63. The SMILES string of the molecule is CN1CN(c2c(Cl)cccc2Cl)C(=O)c2cnc3[nH]c(-c4cnn(C5CCCNC5)c4)cc3c21. The van der Waals surface area contributed by atoms with E-state index in [1.54, 1.807) is 29.3 Å². The van der Waals surface area contributed by atoms with E-state index in [1.165, 1.54) is 0 Å². The van der Waals surface area contributed by atoms with Crippen molar-refractivity contribution in [2.24, 2.45) is 0 Å². The van der Waals surface area contributed by atoms with Crippen LogP contribution in [0.5, 0.6) is 0 Å². The van der Waals surface area contributed by atoms with Crippen LogP contribution in [0.1, 0.15) is 29.2 Å². The fourth-order valence-electron chi connectivity index (χ4n) is 4.93. The van der Waals surface area contributed by atoms with Crippen molar-refractivity contribution in [3.05, 3.63) is 58.5 Å². The van der Waals surface area contributed by atoms with Crippen molar-refractivity contribution in [3.63, 3.8) is 0 Å². The topological polar surface area (TPSA) is 82.1 Å². The van der Waals surface area contributed by atoms with Crippen LogP contribution in [0, 0.1) is 0 Å². The van der Waals surface area contributed by atoms with Crippen LogP contribution in [0.4, 0.5) is 11.4 Å². The second kappa shape index (κ2) is 8.30. The van der Waals surface area contributed by atoms with E-state index in [-0.39, 0.29) is 5.91 Å². The van der Waals surface area contributed by atoms with Crippen molar-refractivity contribution >= 4 is 51.5 Å². The van der Waals surface area contributed by atoms with Crippen molar-refractivity contribution in [2.45, 2.75) is 18.9 Å². The number of carbonyl (C=O) groups is 1. The van der Waals surface area contributed by atoms with Gasteiger partial charge in [0.2, 0.25) is 0 Å². The number of para-hydroxylation sites is 1. The highest BCUT2D eigenvalue weighted by Crippen LogP contribution is 2.40. The first-order valence-electron chi connectivity index (χ1n) is 11.2. The summed E-state index contributed by atoms with van der Waals surface area (Å²) in [6, 6.07) is 7.64. The lowest BCUT2D eigenvalue weighted by Crippen LogP contribution is -2.45. The lowest BCUT2D eigenvalue weighted by Gasteiger charge is -2.36. The Kier molecular flexibility index (Phi) is 5.24. The molecule has 34 heavy (non-hydrogen) atoms. The molecule has 3 aromatic heterocycles. The van der Waals surface area contributed by atoms with E-state index in [1.807, 2.05) is 28.9 Å². The van der Waals surface area contributed by atoms with Crippen molar-refractivity contribution in [1.82, 2.24) is 25.1 Å². The van der Waals surface area contributed by atoms with Crippen LogP contribution < -0.4 is 15.1 Å². The predicted molar refractivity (Wildman–Crippen MR) is 135 cm³/mol. The molecule has 10 heteroatoms. The predicted octanol–water partition coefficient (Wildman–Crippen LogP) is 4.71. The molecule has 1 amide bonds. The summed E-state index contributed by atoms with van der Waals surface area (Å²) >= 11 is 12.8. The van der Waals surface area contributed by atoms with Crippen LogP contribution in [0.3, 0.4) is 0 Å². The fraction of sp³-hybridized carbons (Fsp3) is 0.292. The van der Waals surface area contributed by atoms with Gasteiger partial charge >= 0.3 is 0 Å². The zero-order valence-corrected chi connectivity index (χ0v) is 20.1. The summed E-state index contributed by atoms with van der Waals surface area (Å²) in [5, 5.41) is 9.79. The van der Waals surface area contributed by atoms with Crippen molar-refractivity contribution in [3.8, 4) is 11.3 Å². The molecule has 5 heterocycles. The number of anilines is 2. The summed E-state index contributed by atoms with van der Waals surface area (Å²) in [4.78, 5) is 25.1. The summed E-state index contributed by atoms with van der Waals surface area (Å²) in [5.41, 5.74) is 4.49. The van der Waals surface area contributed by atoms with Gasteiger partial charge in [-0.1, -0.05) is 29.3 Å². The zero-order chi connectivity index (χ0) is 23.4. The van der Waals surface area contributed by atoms with E-state index in [9.17, 15) is 4.79 Å². The van der Waals surface area contributed by atoms with Gasteiger partial charge in [0.15, 0.2) is 0 Å². The number of hydrogen-bond donors (Lipinski definition) is 2. The molecule has 2 N–H and O–H groups in total. The average molecular weight is 496 g/mol. The Labute approximate surface area is 206 Å². The number of piperidine rings is 1. The Balaban J connectivity index is 1.38. The minimum Gasteiger partial charge on any atom is -0.355 e. The van der Waals surface area contributed by atoms with Gasteiger partial charge in [-0.3, -0.25) is 14.4 Å². The number of pyridine rings is 1.